The first-order valence-corrected chi connectivity index (χ1v) is 11.1. The number of ketones is 1. The van der Waals surface area contributed by atoms with Crippen molar-refractivity contribution >= 4 is 33.0 Å². The van der Waals surface area contributed by atoms with Crippen molar-refractivity contribution in [3.63, 3.8) is 0 Å². The Morgan fingerprint density at radius 1 is 1.00 bits per heavy atom. The molecule has 1 heterocycles. The number of carbonyl (C=O) groups is 1. The molecule has 0 fully saturated rings. The number of hydrogen-bond donors (Lipinski definition) is 1. The fourth-order valence-electron chi connectivity index (χ4n) is 5.07. The number of para-hydroxylation sites is 1. The maximum absolute atomic E-state index is 13.2. The van der Waals surface area contributed by atoms with E-state index in [0.29, 0.717) is 11.1 Å². The second kappa shape index (κ2) is 7.35. The normalized spacial score (nSPS) is 15.5. The van der Waals surface area contributed by atoms with Gasteiger partial charge in [0.25, 0.3) is 0 Å². The van der Waals surface area contributed by atoms with E-state index in [-0.39, 0.29) is 11.5 Å². The van der Waals surface area contributed by atoms with Gasteiger partial charge in [-0.15, -0.1) is 0 Å². The molecule has 1 N–H and O–H groups in total. The Hall–Kier alpha value is -3.85. The van der Waals surface area contributed by atoms with E-state index in [4.69, 9.17) is 0 Å². The first-order chi connectivity index (χ1) is 15.7. The lowest BCUT2D eigenvalue weighted by molar-refractivity contribution is -0.111. The van der Waals surface area contributed by atoms with Crippen LogP contribution in [0.4, 0.5) is 0 Å². The second-order valence-electron chi connectivity index (χ2n) is 9.41. The lowest BCUT2D eigenvalue weighted by atomic mass is 9.72. The Balaban J connectivity index is 1.57. The molecule has 0 spiro atoms. The predicted molar refractivity (Wildman–Crippen MR) is 136 cm³/mol. The minimum Gasteiger partial charge on any atom is -0.506 e. The van der Waals surface area contributed by atoms with Crippen molar-refractivity contribution in [2.75, 3.05) is 0 Å². The highest BCUT2D eigenvalue weighted by Gasteiger charge is 2.37. The van der Waals surface area contributed by atoms with Crippen LogP contribution in [0.2, 0.25) is 0 Å². The third kappa shape index (κ3) is 3.07. The number of fused-ring (bicyclic) bond motifs is 2. The van der Waals surface area contributed by atoms with Gasteiger partial charge in [0.1, 0.15) is 5.76 Å². The van der Waals surface area contributed by atoms with E-state index < -0.39 is 5.41 Å². The van der Waals surface area contributed by atoms with Crippen molar-refractivity contribution in [1.82, 2.24) is 4.57 Å². The molecule has 0 saturated carbocycles. The molecular weight excluding hydrogens is 406 g/mol. The zero-order valence-electron chi connectivity index (χ0n) is 19.4. The van der Waals surface area contributed by atoms with Gasteiger partial charge in [0.15, 0.2) is 0 Å². The summed E-state index contributed by atoms with van der Waals surface area (Å²) in [6.07, 6.45) is 3.66. The van der Waals surface area contributed by atoms with Gasteiger partial charge < -0.3 is 9.67 Å². The molecule has 0 radical (unpaired) electrons. The molecule has 3 aromatic carbocycles. The summed E-state index contributed by atoms with van der Waals surface area (Å²) < 4.78 is 1.98. The number of Topliss-reactive ketones (excluding diaryl/α,β-unsaturated/α-hetero) is 1. The summed E-state index contributed by atoms with van der Waals surface area (Å²) in [6.45, 7) is 10.7. The molecule has 1 aromatic heterocycles. The van der Waals surface area contributed by atoms with Crippen molar-refractivity contribution in [3.05, 3.63) is 113 Å². The lowest BCUT2D eigenvalue weighted by Gasteiger charge is -2.31. The summed E-state index contributed by atoms with van der Waals surface area (Å²) in [5, 5.41) is 14.2. The summed E-state index contributed by atoms with van der Waals surface area (Å²) >= 11 is 0. The minimum atomic E-state index is -0.423. The number of nitrogens with zero attached hydrogens (tertiary/aromatic N) is 1. The lowest BCUT2D eigenvalue weighted by Crippen LogP contribution is -2.25. The molecule has 4 aromatic rings. The molecule has 0 amide bonds. The maximum atomic E-state index is 13.2. The van der Waals surface area contributed by atoms with Gasteiger partial charge in [-0.2, -0.15) is 0 Å². The Bertz CT molecular complexity index is 1540. The maximum Gasteiger partial charge on any atom is 0.201 e. The fraction of sp³-hybridized carbons (Fsp3) is 0.167. The molecule has 5 rings (SSSR count). The topological polar surface area (TPSA) is 42.2 Å². The Kier molecular flexibility index (Phi) is 4.68. The van der Waals surface area contributed by atoms with Crippen molar-refractivity contribution in [3.8, 4) is 0 Å². The summed E-state index contributed by atoms with van der Waals surface area (Å²) in [6, 6.07) is 20.5. The van der Waals surface area contributed by atoms with E-state index in [1.165, 1.54) is 21.9 Å². The van der Waals surface area contributed by atoms with Gasteiger partial charge in [0.05, 0.1) is 11.1 Å². The van der Waals surface area contributed by atoms with E-state index in [1.54, 1.807) is 6.08 Å². The number of aryl methyl sites for hydroxylation is 2. The fourth-order valence-corrected chi connectivity index (χ4v) is 5.07. The van der Waals surface area contributed by atoms with Gasteiger partial charge in [-0.05, 0) is 46.5 Å². The number of allylic oxidation sites excluding steroid dienone is 4. The molecular formula is C30H27NO2. The first-order valence-electron chi connectivity index (χ1n) is 11.1. The van der Waals surface area contributed by atoms with Crippen LogP contribution in [0.3, 0.4) is 0 Å². The minimum absolute atomic E-state index is 0.0444. The predicted octanol–water partition coefficient (Wildman–Crippen LogP) is 6.95. The van der Waals surface area contributed by atoms with Gasteiger partial charge >= 0.3 is 0 Å². The molecule has 164 valence electrons. The Morgan fingerprint density at radius 3 is 2.39 bits per heavy atom. The Morgan fingerprint density at radius 2 is 1.67 bits per heavy atom. The number of rotatable bonds is 4. The molecule has 3 nitrogen and oxygen atoms in total. The molecule has 0 unspecified atom stereocenters. The van der Waals surface area contributed by atoms with Crippen LogP contribution in [0, 0.1) is 6.92 Å². The monoisotopic (exact) mass is 433 g/mol. The van der Waals surface area contributed by atoms with Gasteiger partial charge in [-0.1, -0.05) is 75.0 Å². The second-order valence-corrected chi connectivity index (χ2v) is 9.41. The Labute approximate surface area is 194 Å². The van der Waals surface area contributed by atoms with Crippen molar-refractivity contribution < 1.29 is 9.90 Å². The number of hydrogen-bond acceptors (Lipinski definition) is 2. The molecule has 0 bridgehead atoms. The van der Waals surface area contributed by atoms with Crippen LogP contribution >= 0.6 is 0 Å². The molecule has 0 saturated heterocycles. The number of carbonyl (C=O) groups excluding carboxylic acids is 1. The number of aliphatic hydroxyl groups excluding tert-OH is 1. The van der Waals surface area contributed by atoms with Crippen LogP contribution in [0.25, 0.3) is 27.2 Å². The SMILES string of the molecule is C=C(/C=C1\C(=O)C(c2cn(C)c3ccccc23)=C1O)C(C)(C)c1c(C)ccc2ccccc12. The molecule has 3 heteroatoms. The summed E-state index contributed by atoms with van der Waals surface area (Å²) in [5.41, 5.74) is 5.22. The van der Waals surface area contributed by atoms with E-state index >= 15 is 0 Å². The average Bonchev–Trinajstić information content (AvgIpc) is 3.13. The van der Waals surface area contributed by atoms with Gasteiger partial charge in [0.2, 0.25) is 5.78 Å². The van der Waals surface area contributed by atoms with Crippen molar-refractivity contribution in [1.29, 1.82) is 0 Å². The molecule has 0 aliphatic heterocycles. The van der Waals surface area contributed by atoms with Crippen LogP contribution in [-0.2, 0) is 17.3 Å². The highest BCUT2D eigenvalue weighted by Crippen LogP contribution is 2.43. The number of aliphatic hydroxyl groups is 1. The van der Waals surface area contributed by atoms with Crippen LogP contribution in [-0.4, -0.2) is 15.5 Å². The van der Waals surface area contributed by atoms with E-state index in [9.17, 15) is 9.90 Å². The first kappa shape index (κ1) is 21.0. The van der Waals surface area contributed by atoms with E-state index in [1.807, 2.05) is 54.2 Å². The molecule has 33 heavy (non-hydrogen) atoms. The number of benzene rings is 3. The molecule has 1 aliphatic carbocycles. The summed E-state index contributed by atoms with van der Waals surface area (Å²) in [4.78, 5) is 13.2. The van der Waals surface area contributed by atoms with Crippen LogP contribution < -0.4 is 0 Å². The van der Waals surface area contributed by atoms with Crippen LogP contribution in [0.5, 0.6) is 0 Å². The standard InChI is InChI=1S/C30H27NO2/c1-18-14-15-20-10-6-7-11-21(20)27(18)30(3,4)19(2)16-23-28(32)26(29(23)33)24-17-31(5)25-13-9-8-12-22(24)25/h6-17,32H,2H2,1,3-5H3/b23-16-. The summed E-state index contributed by atoms with van der Waals surface area (Å²) in [5.74, 6) is -0.0987. The van der Waals surface area contributed by atoms with Crippen LogP contribution in [0.15, 0.2) is 96.4 Å². The van der Waals surface area contributed by atoms with Crippen molar-refractivity contribution in [2.45, 2.75) is 26.2 Å². The molecule has 1 aliphatic rings. The highest BCUT2D eigenvalue weighted by atomic mass is 16.3. The van der Waals surface area contributed by atoms with E-state index in [2.05, 4.69) is 51.6 Å². The average molecular weight is 434 g/mol. The summed E-state index contributed by atoms with van der Waals surface area (Å²) in [7, 11) is 1.94. The third-order valence-corrected chi connectivity index (χ3v) is 7.01. The number of aromatic nitrogens is 1. The van der Waals surface area contributed by atoms with Crippen LogP contribution in [0.1, 0.15) is 30.5 Å². The van der Waals surface area contributed by atoms with E-state index in [0.717, 1.165) is 22.0 Å². The largest absolute Gasteiger partial charge is 0.506 e. The van der Waals surface area contributed by atoms with Gasteiger partial charge in [-0.25, -0.2) is 0 Å². The van der Waals surface area contributed by atoms with Gasteiger partial charge in [-0.3, -0.25) is 4.79 Å². The van der Waals surface area contributed by atoms with Crippen molar-refractivity contribution in [2.24, 2.45) is 7.05 Å². The third-order valence-electron chi connectivity index (χ3n) is 7.01. The molecule has 0 atom stereocenters. The smallest absolute Gasteiger partial charge is 0.201 e. The highest BCUT2D eigenvalue weighted by molar-refractivity contribution is 6.40. The quantitative estimate of drug-likeness (QED) is 0.354. The zero-order valence-corrected chi connectivity index (χ0v) is 19.4. The van der Waals surface area contributed by atoms with Gasteiger partial charge in [0, 0.05) is 35.1 Å². The zero-order chi connectivity index (χ0) is 23.5.